The van der Waals surface area contributed by atoms with Gasteiger partial charge in [-0.1, -0.05) is 17.7 Å². The van der Waals surface area contributed by atoms with E-state index in [0.29, 0.717) is 16.8 Å². The number of aryl methyl sites for hydroxylation is 2. The summed E-state index contributed by atoms with van der Waals surface area (Å²) in [6.45, 7) is 6.73. The molecule has 20 heavy (non-hydrogen) atoms. The summed E-state index contributed by atoms with van der Waals surface area (Å²) >= 11 is 0. The van der Waals surface area contributed by atoms with Crippen molar-refractivity contribution in [1.29, 1.82) is 0 Å². The number of aromatic nitrogens is 1. The standard InChI is InChI=1S/C15H17NO3S/c1-10-5-7-14(8-6-10)20(18,19)16-9-11(2)15(12(16)3)13(4)17/h5-9H,1-4H3. The highest BCUT2D eigenvalue weighted by molar-refractivity contribution is 7.90. The molecular formula is C15H17NO3S. The van der Waals surface area contributed by atoms with Crippen LogP contribution in [0.3, 0.4) is 0 Å². The molecule has 0 bridgehead atoms. The molecule has 0 saturated carbocycles. The molecule has 106 valence electrons. The van der Waals surface area contributed by atoms with Crippen molar-refractivity contribution in [1.82, 2.24) is 3.97 Å². The van der Waals surface area contributed by atoms with E-state index in [-0.39, 0.29) is 10.7 Å². The number of carbonyl (C=O) groups excluding carboxylic acids is 1. The van der Waals surface area contributed by atoms with Gasteiger partial charge in [-0.2, -0.15) is 0 Å². The second kappa shape index (κ2) is 4.90. The van der Waals surface area contributed by atoms with Crippen LogP contribution in [-0.2, 0) is 10.0 Å². The Morgan fingerprint density at radius 2 is 1.60 bits per heavy atom. The number of nitrogens with zero attached hydrogens (tertiary/aromatic N) is 1. The monoisotopic (exact) mass is 291 g/mol. The van der Waals surface area contributed by atoms with Crippen LogP contribution in [0.25, 0.3) is 0 Å². The lowest BCUT2D eigenvalue weighted by Gasteiger charge is -2.09. The largest absolute Gasteiger partial charge is 0.294 e. The molecule has 0 spiro atoms. The van der Waals surface area contributed by atoms with Gasteiger partial charge in [0.25, 0.3) is 10.0 Å². The molecule has 2 rings (SSSR count). The second-order valence-corrected chi connectivity index (χ2v) is 6.76. The number of hydrogen-bond donors (Lipinski definition) is 0. The summed E-state index contributed by atoms with van der Waals surface area (Å²) in [6.07, 6.45) is 1.50. The SMILES string of the molecule is CC(=O)c1c(C)cn(S(=O)(=O)c2ccc(C)cc2)c1C. The van der Waals surface area contributed by atoms with E-state index in [2.05, 4.69) is 0 Å². The Morgan fingerprint density at radius 3 is 2.05 bits per heavy atom. The maximum Gasteiger partial charge on any atom is 0.267 e. The molecule has 0 aliphatic heterocycles. The van der Waals surface area contributed by atoms with Gasteiger partial charge in [0.15, 0.2) is 5.78 Å². The van der Waals surface area contributed by atoms with E-state index in [1.165, 1.54) is 17.1 Å². The first-order valence-electron chi connectivity index (χ1n) is 6.27. The van der Waals surface area contributed by atoms with E-state index in [9.17, 15) is 13.2 Å². The summed E-state index contributed by atoms with van der Waals surface area (Å²) in [6, 6.07) is 6.66. The van der Waals surface area contributed by atoms with Gasteiger partial charge in [0.2, 0.25) is 0 Å². The number of rotatable bonds is 3. The van der Waals surface area contributed by atoms with Gasteiger partial charge in [-0.25, -0.2) is 12.4 Å². The highest BCUT2D eigenvalue weighted by Gasteiger charge is 2.23. The zero-order valence-electron chi connectivity index (χ0n) is 12.0. The van der Waals surface area contributed by atoms with E-state index in [1.807, 2.05) is 6.92 Å². The molecule has 0 atom stereocenters. The van der Waals surface area contributed by atoms with E-state index in [4.69, 9.17) is 0 Å². The number of hydrogen-bond acceptors (Lipinski definition) is 3. The summed E-state index contributed by atoms with van der Waals surface area (Å²) in [5.41, 5.74) is 2.59. The Balaban J connectivity index is 2.64. The number of ketones is 1. The minimum Gasteiger partial charge on any atom is -0.294 e. The van der Waals surface area contributed by atoms with Crippen molar-refractivity contribution in [2.75, 3.05) is 0 Å². The minimum atomic E-state index is -3.66. The Kier molecular flexibility index (Phi) is 3.56. The highest BCUT2D eigenvalue weighted by atomic mass is 32.2. The predicted molar refractivity (Wildman–Crippen MR) is 77.7 cm³/mol. The molecule has 0 fully saturated rings. The van der Waals surface area contributed by atoms with E-state index >= 15 is 0 Å². The minimum absolute atomic E-state index is 0.127. The Labute approximate surface area is 119 Å². The third-order valence-electron chi connectivity index (χ3n) is 3.33. The van der Waals surface area contributed by atoms with Crippen LogP contribution in [0.1, 0.15) is 34.1 Å². The maximum absolute atomic E-state index is 12.6. The molecule has 1 heterocycles. The smallest absolute Gasteiger partial charge is 0.267 e. The molecule has 0 aliphatic carbocycles. The van der Waals surface area contributed by atoms with Crippen molar-refractivity contribution in [3.8, 4) is 0 Å². The predicted octanol–water partition coefficient (Wildman–Crippen LogP) is 2.85. The topological polar surface area (TPSA) is 56.1 Å². The molecule has 1 aromatic carbocycles. The van der Waals surface area contributed by atoms with Crippen LogP contribution in [0.2, 0.25) is 0 Å². The number of carbonyl (C=O) groups is 1. The van der Waals surface area contributed by atoms with Gasteiger partial charge in [-0.05, 0) is 45.4 Å². The molecule has 0 N–H and O–H groups in total. The fraction of sp³-hybridized carbons (Fsp3) is 0.267. The summed E-state index contributed by atoms with van der Waals surface area (Å²) in [7, 11) is -3.66. The van der Waals surface area contributed by atoms with Crippen molar-refractivity contribution in [2.45, 2.75) is 32.6 Å². The van der Waals surface area contributed by atoms with Crippen molar-refractivity contribution >= 4 is 15.8 Å². The van der Waals surface area contributed by atoms with Crippen molar-refractivity contribution in [3.05, 3.63) is 52.8 Å². The number of Topliss-reactive ketones (excluding diaryl/α,β-unsaturated/α-hetero) is 1. The van der Waals surface area contributed by atoms with Crippen LogP contribution in [-0.4, -0.2) is 18.2 Å². The fourth-order valence-corrected chi connectivity index (χ4v) is 3.79. The molecular weight excluding hydrogens is 274 g/mol. The first-order valence-corrected chi connectivity index (χ1v) is 7.71. The molecule has 0 amide bonds. The van der Waals surface area contributed by atoms with Gasteiger partial charge in [0.1, 0.15) is 0 Å². The normalized spacial score (nSPS) is 11.6. The van der Waals surface area contributed by atoms with E-state index in [0.717, 1.165) is 5.56 Å². The van der Waals surface area contributed by atoms with Gasteiger partial charge >= 0.3 is 0 Å². The fourth-order valence-electron chi connectivity index (χ4n) is 2.34. The maximum atomic E-state index is 12.6. The molecule has 0 saturated heterocycles. The van der Waals surface area contributed by atoms with E-state index in [1.54, 1.807) is 38.1 Å². The van der Waals surface area contributed by atoms with Gasteiger partial charge in [-0.15, -0.1) is 0 Å². The lowest BCUT2D eigenvalue weighted by Crippen LogP contribution is -2.14. The summed E-state index contributed by atoms with van der Waals surface area (Å²) < 4.78 is 26.4. The molecule has 1 aromatic heterocycles. The van der Waals surface area contributed by atoms with Crippen LogP contribution in [0.15, 0.2) is 35.4 Å². The third kappa shape index (κ3) is 2.29. The van der Waals surface area contributed by atoms with E-state index < -0.39 is 10.0 Å². The first-order chi connectivity index (χ1) is 9.25. The summed E-state index contributed by atoms with van der Waals surface area (Å²) in [5.74, 6) is -0.127. The molecule has 5 heteroatoms. The average Bonchev–Trinajstić information content (AvgIpc) is 2.66. The van der Waals surface area contributed by atoms with Crippen LogP contribution in [0, 0.1) is 20.8 Å². The lowest BCUT2D eigenvalue weighted by molar-refractivity contribution is 0.101. The average molecular weight is 291 g/mol. The van der Waals surface area contributed by atoms with Crippen molar-refractivity contribution in [3.63, 3.8) is 0 Å². The molecule has 0 aliphatic rings. The summed E-state index contributed by atoms with van der Waals surface area (Å²) in [5, 5.41) is 0. The molecule has 0 radical (unpaired) electrons. The zero-order valence-corrected chi connectivity index (χ0v) is 12.8. The highest BCUT2D eigenvalue weighted by Crippen LogP contribution is 2.23. The van der Waals surface area contributed by atoms with Gasteiger partial charge in [0, 0.05) is 17.5 Å². The zero-order chi connectivity index (χ0) is 15.1. The van der Waals surface area contributed by atoms with Gasteiger partial charge in [-0.3, -0.25) is 4.79 Å². The molecule has 0 unspecified atom stereocenters. The second-order valence-electron chi connectivity index (χ2n) is 4.94. The van der Waals surface area contributed by atoms with Crippen molar-refractivity contribution < 1.29 is 13.2 Å². The summed E-state index contributed by atoms with van der Waals surface area (Å²) in [4.78, 5) is 11.8. The van der Waals surface area contributed by atoms with Crippen LogP contribution < -0.4 is 0 Å². The van der Waals surface area contributed by atoms with Crippen LogP contribution in [0.5, 0.6) is 0 Å². The third-order valence-corrected chi connectivity index (χ3v) is 5.09. The van der Waals surface area contributed by atoms with Gasteiger partial charge < -0.3 is 0 Å². The number of benzene rings is 1. The Hall–Kier alpha value is -1.88. The van der Waals surface area contributed by atoms with Crippen molar-refractivity contribution in [2.24, 2.45) is 0 Å². The Morgan fingerprint density at radius 1 is 1.05 bits per heavy atom. The van der Waals surface area contributed by atoms with Crippen LogP contribution in [0.4, 0.5) is 0 Å². The first kappa shape index (κ1) is 14.5. The van der Waals surface area contributed by atoms with Gasteiger partial charge in [0.05, 0.1) is 4.90 Å². The van der Waals surface area contributed by atoms with Crippen LogP contribution >= 0.6 is 0 Å². The molecule has 2 aromatic rings. The molecule has 4 nitrogen and oxygen atoms in total. The lowest BCUT2D eigenvalue weighted by atomic mass is 10.1. The quantitative estimate of drug-likeness (QED) is 0.817. The Bertz CT molecular complexity index is 768.